The fourth-order valence-electron chi connectivity index (χ4n) is 1.55. The normalized spacial score (nSPS) is 13.6. The Bertz CT molecular complexity index is 477. The van der Waals surface area contributed by atoms with Gasteiger partial charge < -0.3 is 14.7 Å². The van der Waals surface area contributed by atoms with Gasteiger partial charge in [-0.1, -0.05) is 6.07 Å². The molecule has 1 unspecified atom stereocenters. The summed E-state index contributed by atoms with van der Waals surface area (Å²) in [5, 5.41) is 9.25. The maximum Gasteiger partial charge on any atom is 0.334 e. The molecule has 0 aliphatic carbocycles. The van der Waals surface area contributed by atoms with E-state index < -0.39 is 17.3 Å². The zero-order valence-corrected chi connectivity index (χ0v) is 10.3. The number of carbonyl (C=O) groups is 2. The molecule has 0 fully saturated rings. The number of hydrogen-bond donors (Lipinski definition) is 1. The van der Waals surface area contributed by atoms with E-state index in [1.807, 2.05) is 0 Å². The van der Waals surface area contributed by atoms with E-state index in [0.717, 1.165) is 11.0 Å². The maximum atomic E-state index is 13.6. The molecule has 0 saturated carbocycles. The fraction of sp³-hybridized carbons (Fsp3) is 0.333. The van der Waals surface area contributed by atoms with Crippen molar-refractivity contribution in [3.8, 4) is 5.75 Å². The summed E-state index contributed by atoms with van der Waals surface area (Å²) in [4.78, 5) is 23.1. The number of rotatable bonds is 5. The van der Waals surface area contributed by atoms with Gasteiger partial charge in [-0.05, 0) is 24.6 Å². The SMILES string of the molecule is COc1ccc(C(C)(C(=O)O)N(C)C=O)cc1F. The van der Waals surface area contributed by atoms with E-state index >= 15 is 0 Å². The highest BCUT2D eigenvalue weighted by Gasteiger charge is 2.39. The number of aliphatic carboxylic acids is 1. The molecule has 1 N–H and O–H groups in total. The smallest absolute Gasteiger partial charge is 0.334 e. The minimum Gasteiger partial charge on any atom is -0.494 e. The third-order valence-electron chi connectivity index (χ3n) is 2.99. The van der Waals surface area contributed by atoms with E-state index in [1.165, 1.54) is 33.2 Å². The van der Waals surface area contributed by atoms with Crippen LogP contribution in [0.2, 0.25) is 0 Å². The summed E-state index contributed by atoms with van der Waals surface area (Å²) in [5.41, 5.74) is -1.47. The predicted octanol–water partition coefficient (Wildman–Crippen LogP) is 1.22. The highest BCUT2D eigenvalue weighted by Crippen LogP contribution is 2.29. The van der Waals surface area contributed by atoms with Crippen LogP contribution in [-0.4, -0.2) is 36.5 Å². The Balaban J connectivity index is 3.35. The van der Waals surface area contributed by atoms with Crippen LogP contribution in [0.1, 0.15) is 12.5 Å². The number of methoxy groups -OCH3 is 1. The Morgan fingerprint density at radius 2 is 2.17 bits per heavy atom. The molecule has 98 valence electrons. The topological polar surface area (TPSA) is 66.8 Å². The van der Waals surface area contributed by atoms with Gasteiger partial charge in [0.2, 0.25) is 6.41 Å². The first-order valence-electron chi connectivity index (χ1n) is 5.13. The lowest BCUT2D eigenvalue weighted by Gasteiger charge is -2.32. The molecule has 0 spiro atoms. The fourth-order valence-corrected chi connectivity index (χ4v) is 1.55. The largest absolute Gasteiger partial charge is 0.494 e. The minimum atomic E-state index is -1.63. The molecule has 0 radical (unpaired) electrons. The highest BCUT2D eigenvalue weighted by molar-refractivity contribution is 5.82. The summed E-state index contributed by atoms with van der Waals surface area (Å²) in [7, 11) is 2.63. The molecule has 1 atom stereocenters. The van der Waals surface area contributed by atoms with E-state index in [4.69, 9.17) is 4.74 Å². The summed E-state index contributed by atoms with van der Waals surface area (Å²) in [6, 6.07) is 3.79. The van der Waals surface area contributed by atoms with Gasteiger partial charge in [0.1, 0.15) is 0 Å². The Morgan fingerprint density at radius 3 is 2.56 bits per heavy atom. The van der Waals surface area contributed by atoms with Crippen LogP contribution in [0.15, 0.2) is 18.2 Å². The molecule has 0 bridgehead atoms. The van der Waals surface area contributed by atoms with E-state index in [2.05, 4.69) is 0 Å². The molecule has 1 aromatic rings. The van der Waals surface area contributed by atoms with Crippen molar-refractivity contribution in [2.24, 2.45) is 0 Å². The molecule has 18 heavy (non-hydrogen) atoms. The van der Waals surface area contributed by atoms with Crippen LogP contribution >= 0.6 is 0 Å². The number of carboxylic acids is 1. The second kappa shape index (κ2) is 5.03. The number of hydrogen-bond acceptors (Lipinski definition) is 3. The van der Waals surface area contributed by atoms with Crippen LogP contribution in [0.25, 0.3) is 0 Å². The van der Waals surface area contributed by atoms with Gasteiger partial charge >= 0.3 is 5.97 Å². The molecule has 1 rings (SSSR count). The lowest BCUT2D eigenvalue weighted by Crippen LogP contribution is -2.47. The molecule has 0 heterocycles. The summed E-state index contributed by atoms with van der Waals surface area (Å²) < 4.78 is 18.3. The summed E-state index contributed by atoms with van der Waals surface area (Å²) in [6.07, 6.45) is 0.385. The zero-order valence-electron chi connectivity index (χ0n) is 10.3. The molecule has 0 aromatic heterocycles. The Kier molecular flexibility index (Phi) is 3.90. The van der Waals surface area contributed by atoms with Crippen molar-refractivity contribution in [3.05, 3.63) is 29.6 Å². The number of amides is 1. The Hall–Kier alpha value is -2.11. The molecule has 0 aliphatic rings. The van der Waals surface area contributed by atoms with Crippen molar-refractivity contribution in [2.45, 2.75) is 12.5 Å². The molecule has 6 heteroatoms. The van der Waals surface area contributed by atoms with Crippen LogP contribution in [0.4, 0.5) is 4.39 Å². The number of carbonyl (C=O) groups excluding carboxylic acids is 1. The third-order valence-corrected chi connectivity index (χ3v) is 2.99. The van der Waals surface area contributed by atoms with Crippen molar-refractivity contribution >= 4 is 12.4 Å². The standard InChI is InChI=1S/C12H14FNO4/c1-12(11(16)17,14(2)7-15)8-4-5-10(18-3)9(13)6-8/h4-7H,1-3H3,(H,16,17). The highest BCUT2D eigenvalue weighted by atomic mass is 19.1. The summed E-state index contributed by atoms with van der Waals surface area (Å²) in [6.45, 7) is 1.32. The number of carboxylic acid groups (broad SMARTS) is 1. The van der Waals surface area contributed by atoms with Gasteiger partial charge in [-0.3, -0.25) is 4.79 Å². The Morgan fingerprint density at radius 1 is 1.56 bits per heavy atom. The van der Waals surface area contributed by atoms with Crippen LogP contribution < -0.4 is 4.74 Å². The molecule has 0 saturated heterocycles. The number of ether oxygens (including phenoxy) is 1. The molecule has 5 nitrogen and oxygen atoms in total. The van der Waals surface area contributed by atoms with Gasteiger partial charge in [-0.2, -0.15) is 0 Å². The summed E-state index contributed by atoms with van der Waals surface area (Å²) in [5.74, 6) is -1.91. The van der Waals surface area contributed by atoms with Crippen LogP contribution in [0.5, 0.6) is 5.75 Å². The lowest BCUT2D eigenvalue weighted by molar-refractivity contribution is -0.153. The van der Waals surface area contributed by atoms with Gasteiger partial charge in [-0.25, -0.2) is 9.18 Å². The van der Waals surface area contributed by atoms with Crippen LogP contribution in [-0.2, 0) is 15.1 Å². The summed E-state index contributed by atoms with van der Waals surface area (Å²) >= 11 is 0. The number of halogens is 1. The average Bonchev–Trinajstić information content (AvgIpc) is 2.36. The van der Waals surface area contributed by atoms with Crippen molar-refractivity contribution in [2.75, 3.05) is 14.2 Å². The van der Waals surface area contributed by atoms with Crippen LogP contribution in [0, 0.1) is 5.82 Å². The van der Waals surface area contributed by atoms with Gasteiger partial charge in [0.25, 0.3) is 0 Å². The predicted molar refractivity (Wildman–Crippen MR) is 61.8 cm³/mol. The maximum absolute atomic E-state index is 13.6. The lowest BCUT2D eigenvalue weighted by atomic mass is 9.90. The first-order valence-corrected chi connectivity index (χ1v) is 5.13. The van der Waals surface area contributed by atoms with Gasteiger partial charge in [0.15, 0.2) is 17.1 Å². The first kappa shape index (κ1) is 14.0. The van der Waals surface area contributed by atoms with Crippen molar-refractivity contribution in [3.63, 3.8) is 0 Å². The number of nitrogens with zero attached hydrogens (tertiary/aromatic N) is 1. The van der Waals surface area contributed by atoms with E-state index in [0.29, 0.717) is 6.41 Å². The monoisotopic (exact) mass is 255 g/mol. The third kappa shape index (κ3) is 2.13. The zero-order chi connectivity index (χ0) is 13.9. The molecular weight excluding hydrogens is 241 g/mol. The molecule has 1 amide bonds. The minimum absolute atomic E-state index is 0.0141. The number of benzene rings is 1. The second-order valence-electron chi connectivity index (χ2n) is 3.94. The quantitative estimate of drug-likeness (QED) is 0.803. The van der Waals surface area contributed by atoms with Crippen molar-refractivity contribution < 1.29 is 23.8 Å². The molecular formula is C12H14FNO4. The van der Waals surface area contributed by atoms with Gasteiger partial charge in [0, 0.05) is 7.05 Å². The average molecular weight is 255 g/mol. The molecule has 1 aromatic carbocycles. The van der Waals surface area contributed by atoms with Crippen LogP contribution in [0.3, 0.4) is 0 Å². The Labute approximate surface area is 104 Å². The van der Waals surface area contributed by atoms with Crippen molar-refractivity contribution in [1.82, 2.24) is 4.90 Å². The second-order valence-corrected chi connectivity index (χ2v) is 3.94. The van der Waals surface area contributed by atoms with Gasteiger partial charge in [0.05, 0.1) is 7.11 Å². The molecule has 0 aliphatic heterocycles. The van der Waals surface area contributed by atoms with Gasteiger partial charge in [-0.15, -0.1) is 0 Å². The first-order chi connectivity index (χ1) is 8.37. The van der Waals surface area contributed by atoms with E-state index in [9.17, 15) is 19.1 Å². The van der Waals surface area contributed by atoms with Crippen molar-refractivity contribution in [1.29, 1.82) is 0 Å². The van der Waals surface area contributed by atoms with E-state index in [1.54, 1.807) is 0 Å². The van der Waals surface area contributed by atoms with E-state index in [-0.39, 0.29) is 11.3 Å². The number of likely N-dealkylation sites (N-methyl/N-ethyl adjacent to an activating group) is 1.